The Kier molecular flexibility index (Phi) is 4.22. The van der Waals surface area contributed by atoms with Crippen molar-refractivity contribution in [2.24, 2.45) is 0 Å². The van der Waals surface area contributed by atoms with Crippen LogP contribution in [-0.4, -0.2) is 6.03 Å². The Hall–Kier alpha value is -1.81. The highest BCUT2D eigenvalue weighted by atomic mass is 79.9. The molecule has 0 saturated heterocycles. The van der Waals surface area contributed by atoms with Gasteiger partial charge in [0.15, 0.2) is 0 Å². The van der Waals surface area contributed by atoms with Gasteiger partial charge in [-0.2, -0.15) is 0 Å². The summed E-state index contributed by atoms with van der Waals surface area (Å²) < 4.78 is 0.897. The van der Waals surface area contributed by atoms with Gasteiger partial charge in [0.25, 0.3) is 0 Å². The maximum absolute atomic E-state index is 11.9. The van der Waals surface area contributed by atoms with E-state index in [0.717, 1.165) is 27.0 Å². The number of aryl methyl sites for hydroxylation is 2. The molecule has 0 aromatic heterocycles. The molecule has 3 nitrogen and oxygen atoms in total. The van der Waals surface area contributed by atoms with Crippen LogP contribution in [0.2, 0.25) is 0 Å². The van der Waals surface area contributed by atoms with Crippen LogP contribution >= 0.6 is 15.9 Å². The number of anilines is 2. The van der Waals surface area contributed by atoms with Crippen LogP contribution in [0.1, 0.15) is 11.1 Å². The van der Waals surface area contributed by atoms with Gasteiger partial charge in [0.05, 0.1) is 5.69 Å². The lowest BCUT2D eigenvalue weighted by Crippen LogP contribution is -2.19. The predicted molar refractivity (Wildman–Crippen MR) is 82.7 cm³/mol. The standard InChI is InChI=1S/C15H15BrN2O/c1-10-6-8-12(9-7-10)17-15(19)18-13-5-3-4-11(2)14(13)16/h3-9H,1-2H3,(H2,17,18,19). The first-order valence-corrected chi connectivity index (χ1v) is 6.75. The second-order valence-corrected chi connectivity index (χ2v) is 5.17. The lowest BCUT2D eigenvalue weighted by atomic mass is 10.2. The highest BCUT2D eigenvalue weighted by Gasteiger charge is 2.06. The normalized spacial score (nSPS) is 10.1. The number of hydrogen-bond donors (Lipinski definition) is 2. The summed E-state index contributed by atoms with van der Waals surface area (Å²) in [7, 11) is 0. The molecule has 2 rings (SSSR count). The number of amides is 2. The quantitative estimate of drug-likeness (QED) is 0.827. The molecule has 0 fully saturated rings. The van der Waals surface area contributed by atoms with Gasteiger partial charge in [-0.1, -0.05) is 29.8 Å². The maximum Gasteiger partial charge on any atom is 0.323 e. The second kappa shape index (κ2) is 5.89. The van der Waals surface area contributed by atoms with Crippen molar-refractivity contribution < 1.29 is 4.79 Å². The lowest BCUT2D eigenvalue weighted by Gasteiger charge is -2.10. The molecule has 2 N–H and O–H groups in total. The molecule has 2 aromatic carbocycles. The zero-order chi connectivity index (χ0) is 13.8. The molecule has 0 aliphatic carbocycles. The van der Waals surface area contributed by atoms with Crippen LogP contribution in [0.25, 0.3) is 0 Å². The third kappa shape index (κ3) is 3.58. The van der Waals surface area contributed by atoms with Gasteiger partial charge in [-0.05, 0) is 53.5 Å². The van der Waals surface area contributed by atoms with Crippen molar-refractivity contribution in [3.05, 3.63) is 58.1 Å². The van der Waals surface area contributed by atoms with E-state index in [9.17, 15) is 4.79 Å². The smallest absolute Gasteiger partial charge is 0.308 e. The molecule has 0 bridgehead atoms. The first kappa shape index (κ1) is 13.6. The van der Waals surface area contributed by atoms with Crippen molar-refractivity contribution in [2.75, 3.05) is 10.6 Å². The van der Waals surface area contributed by atoms with Gasteiger partial charge < -0.3 is 10.6 Å². The zero-order valence-corrected chi connectivity index (χ0v) is 12.4. The Labute approximate surface area is 121 Å². The molecule has 0 atom stereocenters. The minimum atomic E-state index is -0.254. The molecular weight excluding hydrogens is 304 g/mol. The second-order valence-electron chi connectivity index (χ2n) is 4.38. The molecule has 0 aliphatic heterocycles. The van der Waals surface area contributed by atoms with E-state index in [1.807, 2.05) is 56.3 Å². The summed E-state index contributed by atoms with van der Waals surface area (Å²) in [5.41, 5.74) is 3.76. The molecular formula is C15H15BrN2O. The third-order valence-electron chi connectivity index (χ3n) is 2.75. The summed E-state index contributed by atoms with van der Waals surface area (Å²) >= 11 is 3.46. The Morgan fingerprint density at radius 2 is 1.68 bits per heavy atom. The molecule has 4 heteroatoms. The average molecular weight is 319 g/mol. The van der Waals surface area contributed by atoms with Gasteiger partial charge >= 0.3 is 6.03 Å². The molecule has 0 spiro atoms. The summed E-state index contributed by atoms with van der Waals surface area (Å²) in [4.78, 5) is 11.9. The van der Waals surface area contributed by atoms with Gasteiger partial charge in [0.1, 0.15) is 0 Å². The fraction of sp³-hybridized carbons (Fsp3) is 0.133. The van der Waals surface area contributed by atoms with Crippen LogP contribution in [0.15, 0.2) is 46.9 Å². The highest BCUT2D eigenvalue weighted by Crippen LogP contribution is 2.25. The SMILES string of the molecule is Cc1ccc(NC(=O)Nc2cccc(C)c2Br)cc1. The van der Waals surface area contributed by atoms with Crippen LogP contribution in [0, 0.1) is 13.8 Å². The van der Waals surface area contributed by atoms with Gasteiger partial charge in [0.2, 0.25) is 0 Å². The van der Waals surface area contributed by atoms with Crippen LogP contribution in [0.3, 0.4) is 0 Å². The number of carbonyl (C=O) groups excluding carboxylic acids is 1. The van der Waals surface area contributed by atoms with Crippen molar-refractivity contribution in [1.29, 1.82) is 0 Å². The van der Waals surface area contributed by atoms with E-state index in [-0.39, 0.29) is 6.03 Å². The van der Waals surface area contributed by atoms with Crippen molar-refractivity contribution in [1.82, 2.24) is 0 Å². The van der Waals surface area contributed by atoms with Crippen molar-refractivity contribution in [3.63, 3.8) is 0 Å². The number of benzene rings is 2. The zero-order valence-electron chi connectivity index (χ0n) is 10.8. The number of halogens is 1. The predicted octanol–water partition coefficient (Wildman–Crippen LogP) is 4.71. The first-order valence-electron chi connectivity index (χ1n) is 5.96. The molecule has 0 saturated carbocycles. The number of urea groups is 1. The third-order valence-corrected chi connectivity index (χ3v) is 3.80. The minimum absolute atomic E-state index is 0.254. The number of carbonyl (C=O) groups is 1. The van der Waals surface area contributed by atoms with Gasteiger partial charge in [-0.25, -0.2) is 4.79 Å². The van der Waals surface area contributed by atoms with Crippen molar-refractivity contribution in [3.8, 4) is 0 Å². The Morgan fingerprint density at radius 3 is 2.37 bits per heavy atom. The maximum atomic E-state index is 11.9. The Morgan fingerprint density at radius 1 is 1.00 bits per heavy atom. The number of nitrogens with one attached hydrogen (secondary N) is 2. The molecule has 98 valence electrons. The largest absolute Gasteiger partial charge is 0.323 e. The highest BCUT2D eigenvalue weighted by molar-refractivity contribution is 9.10. The van der Waals surface area contributed by atoms with E-state index in [2.05, 4.69) is 26.6 Å². The molecule has 2 aromatic rings. The van der Waals surface area contributed by atoms with E-state index in [1.165, 1.54) is 0 Å². The van der Waals surface area contributed by atoms with Crippen LogP contribution < -0.4 is 10.6 Å². The van der Waals surface area contributed by atoms with Crippen molar-refractivity contribution >= 4 is 33.3 Å². The number of rotatable bonds is 2. The topological polar surface area (TPSA) is 41.1 Å². The fourth-order valence-corrected chi connectivity index (χ4v) is 2.03. The summed E-state index contributed by atoms with van der Waals surface area (Å²) in [6.45, 7) is 3.99. The van der Waals surface area contributed by atoms with Crippen LogP contribution in [-0.2, 0) is 0 Å². The minimum Gasteiger partial charge on any atom is -0.308 e. The first-order chi connectivity index (χ1) is 9.06. The molecule has 0 radical (unpaired) electrons. The fourth-order valence-electron chi connectivity index (χ4n) is 1.67. The summed E-state index contributed by atoms with van der Waals surface area (Å²) in [6, 6.07) is 13.1. The van der Waals surface area contributed by atoms with Crippen LogP contribution in [0.5, 0.6) is 0 Å². The van der Waals surface area contributed by atoms with E-state index >= 15 is 0 Å². The van der Waals surface area contributed by atoms with E-state index in [4.69, 9.17) is 0 Å². The average Bonchev–Trinajstić information content (AvgIpc) is 2.38. The molecule has 19 heavy (non-hydrogen) atoms. The molecule has 0 unspecified atom stereocenters. The molecule has 2 amide bonds. The van der Waals surface area contributed by atoms with Gasteiger partial charge in [-0.3, -0.25) is 0 Å². The van der Waals surface area contributed by atoms with Crippen LogP contribution in [0.4, 0.5) is 16.2 Å². The molecule has 0 aliphatic rings. The van der Waals surface area contributed by atoms with E-state index in [0.29, 0.717) is 0 Å². The number of hydrogen-bond acceptors (Lipinski definition) is 1. The lowest BCUT2D eigenvalue weighted by molar-refractivity contribution is 0.262. The van der Waals surface area contributed by atoms with Crippen molar-refractivity contribution in [2.45, 2.75) is 13.8 Å². The monoisotopic (exact) mass is 318 g/mol. The van der Waals surface area contributed by atoms with E-state index in [1.54, 1.807) is 0 Å². The summed E-state index contributed by atoms with van der Waals surface area (Å²) in [6.07, 6.45) is 0. The molecule has 0 heterocycles. The van der Waals surface area contributed by atoms with Gasteiger partial charge in [-0.15, -0.1) is 0 Å². The Balaban J connectivity index is 2.05. The van der Waals surface area contributed by atoms with Gasteiger partial charge in [0, 0.05) is 10.2 Å². The summed E-state index contributed by atoms with van der Waals surface area (Å²) in [5, 5.41) is 5.61. The van der Waals surface area contributed by atoms with E-state index < -0.39 is 0 Å². The Bertz CT molecular complexity index is 594. The summed E-state index contributed by atoms with van der Waals surface area (Å²) in [5.74, 6) is 0.